The van der Waals surface area contributed by atoms with Crippen molar-refractivity contribution in [2.24, 2.45) is 0 Å². The molecule has 0 aromatic carbocycles. The highest BCUT2D eigenvalue weighted by molar-refractivity contribution is 7.03. The molecule has 0 saturated carbocycles. The van der Waals surface area contributed by atoms with E-state index >= 15 is 0 Å². The predicted molar refractivity (Wildman–Crippen MR) is 58.1 cm³/mol. The number of hydrogen-bond donors (Lipinski definition) is 2. The summed E-state index contributed by atoms with van der Waals surface area (Å²) in [5.41, 5.74) is 8.75. The predicted octanol–water partition coefficient (Wildman–Crippen LogP) is 2.07. The van der Waals surface area contributed by atoms with Crippen LogP contribution >= 0.6 is 11.5 Å². The summed E-state index contributed by atoms with van der Waals surface area (Å²) in [6.07, 6.45) is 2.00. The molecule has 0 saturated heterocycles. The Morgan fingerprint density at radius 2 is 2.43 bits per heavy atom. The van der Waals surface area contributed by atoms with E-state index in [0.717, 1.165) is 29.8 Å². The van der Waals surface area contributed by atoms with E-state index in [-0.39, 0.29) is 0 Å². The van der Waals surface area contributed by atoms with Crippen LogP contribution in [0, 0.1) is 0 Å². The topological polar surface area (TPSA) is 67.6 Å². The van der Waals surface area contributed by atoms with Gasteiger partial charge in [0.25, 0.3) is 0 Å². The number of anilines is 1. The molecule has 4 nitrogen and oxygen atoms in total. The molecule has 5 heteroatoms. The Bertz CT molecular complexity index is 404. The molecular formula is C9H12N4S. The van der Waals surface area contributed by atoms with Crippen molar-refractivity contribution in [3.05, 3.63) is 17.0 Å². The van der Waals surface area contributed by atoms with E-state index in [0.29, 0.717) is 5.82 Å². The zero-order valence-corrected chi connectivity index (χ0v) is 8.77. The zero-order chi connectivity index (χ0) is 9.97. The second kappa shape index (κ2) is 3.79. The largest absolute Gasteiger partial charge is 0.382 e. The maximum Gasteiger partial charge on any atom is 0.149 e. The van der Waals surface area contributed by atoms with Gasteiger partial charge in [0.05, 0.1) is 5.69 Å². The lowest BCUT2D eigenvalue weighted by molar-refractivity contribution is 0.926. The van der Waals surface area contributed by atoms with Crippen molar-refractivity contribution in [1.82, 2.24) is 14.6 Å². The molecule has 2 heterocycles. The smallest absolute Gasteiger partial charge is 0.149 e. The fourth-order valence-electron chi connectivity index (χ4n) is 1.44. The van der Waals surface area contributed by atoms with E-state index in [9.17, 15) is 0 Å². The number of nitrogens with zero attached hydrogens (tertiary/aromatic N) is 2. The lowest BCUT2D eigenvalue weighted by Crippen LogP contribution is -1.92. The molecule has 0 amide bonds. The molecule has 0 aliphatic rings. The average Bonchev–Trinajstić information content (AvgIpc) is 2.77. The highest BCUT2D eigenvalue weighted by Crippen LogP contribution is 2.25. The number of nitrogens with two attached hydrogens (primary N) is 1. The number of hydrogen-bond acceptors (Lipinski definition) is 4. The third-order valence-electron chi connectivity index (χ3n) is 2.09. The first kappa shape index (κ1) is 9.21. The minimum Gasteiger partial charge on any atom is -0.382 e. The molecule has 2 rings (SSSR count). The summed E-state index contributed by atoms with van der Waals surface area (Å²) >= 11 is 1.43. The van der Waals surface area contributed by atoms with Crippen LogP contribution in [0.15, 0.2) is 11.4 Å². The molecule has 14 heavy (non-hydrogen) atoms. The molecule has 0 spiro atoms. The van der Waals surface area contributed by atoms with Crippen LogP contribution in [0.5, 0.6) is 0 Å². The fraction of sp³-hybridized carbons (Fsp3) is 0.333. The summed E-state index contributed by atoms with van der Waals surface area (Å²) in [6.45, 7) is 2.12. The Morgan fingerprint density at radius 3 is 3.07 bits per heavy atom. The number of aromatic amines is 1. The number of aromatic nitrogens is 3. The Labute approximate surface area is 86.3 Å². The summed E-state index contributed by atoms with van der Waals surface area (Å²) in [7, 11) is 0. The van der Waals surface area contributed by atoms with Crippen molar-refractivity contribution < 1.29 is 0 Å². The Morgan fingerprint density at radius 1 is 1.57 bits per heavy atom. The van der Waals surface area contributed by atoms with Crippen molar-refractivity contribution in [3.63, 3.8) is 0 Å². The van der Waals surface area contributed by atoms with Gasteiger partial charge in [-0.25, -0.2) is 0 Å². The van der Waals surface area contributed by atoms with Gasteiger partial charge < -0.3 is 5.73 Å². The SMILES string of the molecule is CCCc1c(N)n[nH]c1-c1ccsn1. The van der Waals surface area contributed by atoms with Gasteiger partial charge >= 0.3 is 0 Å². The third-order valence-corrected chi connectivity index (χ3v) is 2.65. The summed E-state index contributed by atoms with van der Waals surface area (Å²) in [5.74, 6) is 0.592. The fourth-order valence-corrected chi connectivity index (χ4v) is 1.95. The van der Waals surface area contributed by atoms with Crippen molar-refractivity contribution in [1.29, 1.82) is 0 Å². The molecule has 2 aromatic heterocycles. The molecule has 0 unspecified atom stereocenters. The van der Waals surface area contributed by atoms with Crippen LogP contribution in [0.3, 0.4) is 0 Å². The van der Waals surface area contributed by atoms with Gasteiger partial charge in [0.1, 0.15) is 11.5 Å². The van der Waals surface area contributed by atoms with Gasteiger partial charge in [-0.05, 0) is 24.0 Å². The van der Waals surface area contributed by atoms with Gasteiger partial charge in [-0.1, -0.05) is 13.3 Å². The van der Waals surface area contributed by atoms with Crippen LogP contribution in [0.1, 0.15) is 18.9 Å². The normalized spacial score (nSPS) is 10.6. The quantitative estimate of drug-likeness (QED) is 0.811. The number of nitrogens with one attached hydrogen (secondary N) is 1. The van der Waals surface area contributed by atoms with E-state index < -0.39 is 0 Å². The molecule has 0 bridgehead atoms. The number of rotatable bonds is 3. The van der Waals surface area contributed by atoms with E-state index in [1.807, 2.05) is 11.4 Å². The molecule has 0 aliphatic heterocycles. The third kappa shape index (κ3) is 1.50. The van der Waals surface area contributed by atoms with Gasteiger partial charge in [-0.15, -0.1) is 0 Å². The van der Waals surface area contributed by atoms with E-state index in [1.165, 1.54) is 11.5 Å². The summed E-state index contributed by atoms with van der Waals surface area (Å²) in [6, 6.07) is 1.97. The van der Waals surface area contributed by atoms with Crippen molar-refractivity contribution in [2.75, 3.05) is 5.73 Å². The minimum absolute atomic E-state index is 0.592. The van der Waals surface area contributed by atoms with Gasteiger partial charge in [-0.2, -0.15) is 9.47 Å². The Kier molecular flexibility index (Phi) is 2.49. The molecule has 3 N–H and O–H groups in total. The molecule has 0 fully saturated rings. The second-order valence-electron chi connectivity index (χ2n) is 3.10. The van der Waals surface area contributed by atoms with E-state index in [1.54, 1.807) is 0 Å². The summed E-state index contributed by atoms with van der Waals surface area (Å²) in [4.78, 5) is 0. The van der Waals surface area contributed by atoms with E-state index in [4.69, 9.17) is 5.73 Å². The van der Waals surface area contributed by atoms with Crippen LogP contribution in [-0.2, 0) is 6.42 Å². The van der Waals surface area contributed by atoms with Gasteiger partial charge in [-0.3, -0.25) is 5.10 Å². The summed E-state index contributed by atoms with van der Waals surface area (Å²) in [5, 5.41) is 8.89. The highest BCUT2D eigenvalue weighted by Gasteiger charge is 2.12. The molecule has 0 atom stereocenters. The van der Waals surface area contributed by atoms with Gasteiger partial charge in [0.15, 0.2) is 0 Å². The van der Waals surface area contributed by atoms with Gasteiger partial charge in [0.2, 0.25) is 0 Å². The second-order valence-corrected chi connectivity index (χ2v) is 3.76. The first-order valence-corrected chi connectivity index (χ1v) is 5.40. The first-order valence-electron chi connectivity index (χ1n) is 4.56. The van der Waals surface area contributed by atoms with Crippen LogP contribution < -0.4 is 5.73 Å². The van der Waals surface area contributed by atoms with Crippen LogP contribution in [0.25, 0.3) is 11.4 Å². The standard InChI is InChI=1S/C9H12N4S/c1-2-3-6-8(11-12-9(6)10)7-4-5-14-13-7/h4-5H,2-3H2,1H3,(H3,10,11,12). The monoisotopic (exact) mass is 208 g/mol. The molecule has 0 radical (unpaired) electrons. The lowest BCUT2D eigenvalue weighted by atomic mass is 10.1. The first-order chi connectivity index (χ1) is 6.83. The Hall–Kier alpha value is -1.36. The average molecular weight is 208 g/mol. The minimum atomic E-state index is 0.592. The number of H-pyrrole nitrogens is 1. The molecular weight excluding hydrogens is 196 g/mol. The van der Waals surface area contributed by atoms with Crippen molar-refractivity contribution in [3.8, 4) is 11.4 Å². The summed E-state index contributed by atoms with van der Waals surface area (Å²) < 4.78 is 4.26. The van der Waals surface area contributed by atoms with Crippen molar-refractivity contribution in [2.45, 2.75) is 19.8 Å². The highest BCUT2D eigenvalue weighted by atomic mass is 32.1. The maximum absolute atomic E-state index is 5.77. The molecule has 74 valence electrons. The van der Waals surface area contributed by atoms with E-state index in [2.05, 4.69) is 21.5 Å². The Balaban J connectivity index is 2.43. The molecule has 2 aromatic rings. The number of nitrogen functional groups attached to an aromatic ring is 1. The molecule has 0 aliphatic carbocycles. The van der Waals surface area contributed by atoms with Crippen molar-refractivity contribution >= 4 is 17.4 Å². The van der Waals surface area contributed by atoms with Gasteiger partial charge in [0, 0.05) is 10.9 Å². The van der Waals surface area contributed by atoms with Crippen LogP contribution in [0.4, 0.5) is 5.82 Å². The lowest BCUT2D eigenvalue weighted by Gasteiger charge is -1.98. The van der Waals surface area contributed by atoms with Crippen LogP contribution in [-0.4, -0.2) is 14.6 Å². The van der Waals surface area contributed by atoms with Crippen LogP contribution in [0.2, 0.25) is 0 Å². The zero-order valence-electron chi connectivity index (χ0n) is 7.95. The maximum atomic E-state index is 5.77.